The maximum absolute atomic E-state index is 12.5. The highest BCUT2D eigenvalue weighted by molar-refractivity contribution is 7.14. The highest BCUT2D eigenvalue weighted by atomic mass is 32.1. The molecule has 1 aliphatic rings. The quantitative estimate of drug-likeness (QED) is 0.900. The van der Waals surface area contributed by atoms with E-state index in [1.807, 2.05) is 19.9 Å². The highest BCUT2D eigenvalue weighted by Gasteiger charge is 2.34. The monoisotopic (exact) mass is 292 g/mol. The van der Waals surface area contributed by atoms with Gasteiger partial charge >= 0.3 is 0 Å². The van der Waals surface area contributed by atoms with E-state index in [0.29, 0.717) is 30.3 Å². The first-order chi connectivity index (χ1) is 9.52. The van der Waals surface area contributed by atoms with Crippen LogP contribution in [-0.4, -0.2) is 40.8 Å². The average Bonchev–Trinajstić information content (AvgIpc) is 2.88. The van der Waals surface area contributed by atoms with Crippen LogP contribution in [0.2, 0.25) is 0 Å². The van der Waals surface area contributed by atoms with Crippen molar-refractivity contribution in [3.63, 3.8) is 0 Å². The van der Waals surface area contributed by atoms with E-state index < -0.39 is 6.04 Å². The first kappa shape index (κ1) is 14.5. The topological polar surface area (TPSA) is 86.1 Å². The van der Waals surface area contributed by atoms with Crippen LogP contribution in [-0.2, 0) is 4.79 Å². The summed E-state index contributed by atoms with van der Waals surface area (Å²) in [6, 6.07) is 1.47. The summed E-state index contributed by atoms with van der Waals surface area (Å²) in [5.74, 6) is -0.0110. The summed E-state index contributed by atoms with van der Waals surface area (Å²) in [6.07, 6.45) is 2.03. The molecule has 1 aromatic heterocycles. The average molecular weight is 292 g/mol. The van der Waals surface area contributed by atoms with Crippen molar-refractivity contribution in [3.8, 4) is 6.07 Å². The smallest absolute Gasteiger partial charge is 0.266 e. The first-order valence-electron chi connectivity index (χ1n) is 6.47. The molecule has 0 spiro atoms. The Balaban J connectivity index is 2.21. The minimum Gasteiger partial charge on any atom is -0.353 e. The summed E-state index contributed by atoms with van der Waals surface area (Å²) in [7, 11) is 0. The molecule has 0 aliphatic carbocycles. The molecule has 2 heterocycles. The van der Waals surface area contributed by atoms with E-state index in [1.54, 1.807) is 4.90 Å². The molecule has 1 saturated heterocycles. The summed E-state index contributed by atoms with van der Waals surface area (Å²) >= 11 is 1.06. The van der Waals surface area contributed by atoms with Gasteiger partial charge < -0.3 is 10.2 Å². The molecule has 1 atom stereocenters. The van der Waals surface area contributed by atoms with Crippen LogP contribution in [0, 0.1) is 17.2 Å². The van der Waals surface area contributed by atoms with Crippen molar-refractivity contribution in [2.24, 2.45) is 5.92 Å². The van der Waals surface area contributed by atoms with Crippen LogP contribution >= 0.6 is 11.3 Å². The van der Waals surface area contributed by atoms with Crippen molar-refractivity contribution in [3.05, 3.63) is 16.1 Å². The third kappa shape index (κ3) is 2.96. The van der Waals surface area contributed by atoms with Crippen LogP contribution in [0.3, 0.4) is 0 Å². The lowest BCUT2D eigenvalue weighted by atomic mass is 10.00. The number of nitrogens with zero attached hydrogens (tertiary/aromatic N) is 3. The van der Waals surface area contributed by atoms with Gasteiger partial charge in [0.2, 0.25) is 5.91 Å². The number of aromatic nitrogens is 1. The van der Waals surface area contributed by atoms with Crippen LogP contribution < -0.4 is 5.32 Å². The van der Waals surface area contributed by atoms with Gasteiger partial charge in [-0.25, -0.2) is 4.98 Å². The van der Waals surface area contributed by atoms with Gasteiger partial charge in [0, 0.05) is 13.1 Å². The first-order valence-corrected chi connectivity index (χ1v) is 7.29. The molecule has 1 aromatic rings. The zero-order valence-electron chi connectivity index (χ0n) is 11.4. The molecular formula is C13H16N4O2S. The lowest BCUT2D eigenvalue weighted by Gasteiger charge is -2.35. The predicted octanol–water partition coefficient (Wildman–Crippen LogP) is 1.00. The van der Waals surface area contributed by atoms with Gasteiger partial charge in [-0.15, -0.1) is 0 Å². The highest BCUT2D eigenvalue weighted by Crippen LogP contribution is 2.20. The molecule has 1 N–H and O–H groups in total. The minimum atomic E-state index is -0.441. The number of rotatable bonds is 3. The third-order valence-corrected chi connectivity index (χ3v) is 3.99. The number of thiazole rings is 1. The molecule has 106 valence electrons. The number of amides is 2. The Morgan fingerprint density at radius 2 is 2.45 bits per heavy atom. The molecular weight excluding hydrogens is 276 g/mol. The zero-order valence-corrected chi connectivity index (χ0v) is 12.2. The van der Waals surface area contributed by atoms with E-state index >= 15 is 0 Å². The standard InChI is InChI=1S/C13H16N4O2S/c1-8(2)5-9-12(18)15-3-4-17(9)13(19)10-7-16-11(6-14)20-10/h7-9H,3-5H2,1-2H3,(H,15,18)/t9-/m0/s1. The number of hydrogen-bond donors (Lipinski definition) is 1. The number of nitriles is 1. The van der Waals surface area contributed by atoms with Crippen LogP contribution in [0.1, 0.15) is 34.9 Å². The van der Waals surface area contributed by atoms with E-state index in [1.165, 1.54) is 6.20 Å². The van der Waals surface area contributed by atoms with Gasteiger partial charge in [0.25, 0.3) is 5.91 Å². The van der Waals surface area contributed by atoms with E-state index in [4.69, 9.17) is 5.26 Å². The molecule has 0 saturated carbocycles. The summed E-state index contributed by atoms with van der Waals surface area (Å²) in [6.45, 7) is 4.99. The summed E-state index contributed by atoms with van der Waals surface area (Å²) in [5, 5.41) is 11.8. The van der Waals surface area contributed by atoms with Crippen LogP contribution in [0.25, 0.3) is 0 Å². The molecule has 20 heavy (non-hydrogen) atoms. The molecule has 0 aromatic carbocycles. The second-order valence-electron chi connectivity index (χ2n) is 5.08. The maximum Gasteiger partial charge on any atom is 0.266 e. The molecule has 2 amide bonds. The fraction of sp³-hybridized carbons (Fsp3) is 0.538. The molecule has 1 fully saturated rings. The van der Waals surface area contributed by atoms with Gasteiger partial charge in [0.1, 0.15) is 17.0 Å². The molecule has 7 heteroatoms. The largest absolute Gasteiger partial charge is 0.353 e. The van der Waals surface area contributed by atoms with Gasteiger partial charge in [0.15, 0.2) is 5.01 Å². The lowest BCUT2D eigenvalue weighted by Crippen LogP contribution is -2.57. The third-order valence-electron chi connectivity index (χ3n) is 3.10. The van der Waals surface area contributed by atoms with E-state index in [0.717, 1.165) is 11.3 Å². The molecule has 1 aliphatic heterocycles. The van der Waals surface area contributed by atoms with E-state index in [-0.39, 0.29) is 16.8 Å². The van der Waals surface area contributed by atoms with Crippen LogP contribution in [0.5, 0.6) is 0 Å². The van der Waals surface area contributed by atoms with Crippen LogP contribution in [0.15, 0.2) is 6.20 Å². The Kier molecular flexibility index (Phi) is 4.35. The van der Waals surface area contributed by atoms with Gasteiger partial charge in [-0.05, 0) is 12.3 Å². The van der Waals surface area contributed by atoms with Gasteiger partial charge in [-0.3, -0.25) is 9.59 Å². The lowest BCUT2D eigenvalue weighted by molar-refractivity contribution is -0.128. The second kappa shape index (κ2) is 6.01. The number of carbonyl (C=O) groups excluding carboxylic acids is 2. The molecule has 0 unspecified atom stereocenters. The van der Waals surface area contributed by atoms with Crippen molar-refractivity contribution >= 4 is 23.2 Å². The Morgan fingerprint density at radius 3 is 3.05 bits per heavy atom. The number of hydrogen-bond acceptors (Lipinski definition) is 5. The maximum atomic E-state index is 12.5. The van der Waals surface area contributed by atoms with E-state index in [2.05, 4.69) is 10.3 Å². The molecule has 0 bridgehead atoms. The predicted molar refractivity (Wildman–Crippen MR) is 74.1 cm³/mol. The molecule has 0 radical (unpaired) electrons. The summed E-state index contributed by atoms with van der Waals surface area (Å²) in [5.41, 5.74) is 0. The van der Waals surface area contributed by atoms with Crippen molar-refractivity contribution in [2.45, 2.75) is 26.3 Å². The fourth-order valence-electron chi connectivity index (χ4n) is 2.20. The molecule has 2 rings (SSSR count). The summed E-state index contributed by atoms with van der Waals surface area (Å²) < 4.78 is 0. The number of nitrogens with one attached hydrogen (secondary N) is 1. The number of carbonyl (C=O) groups is 2. The van der Waals surface area contributed by atoms with Gasteiger partial charge in [0.05, 0.1) is 6.20 Å². The van der Waals surface area contributed by atoms with Gasteiger partial charge in [-0.1, -0.05) is 25.2 Å². The number of piperazine rings is 1. The summed E-state index contributed by atoms with van der Waals surface area (Å²) in [4.78, 5) is 30.3. The van der Waals surface area contributed by atoms with Crippen molar-refractivity contribution in [2.75, 3.05) is 13.1 Å². The molecule has 6 nitrogen and oxygen atoms in total. The van der Waals surface area contributed by atoms with Crippen molar-refractivity contribution in [1.82, 2.24) is 15.2 Å². The minimum absolute atomic E-state index is 0.108. The fourth-order valence-corrected chi connectivity index (χ4v) is 2.87. The van der Waals surface area contributed by atoms with Crippen LogP contribution in [0.4, 0.5) is 0 Å². The Morgan fingerprint density at radius 1 is 1.70 bits per heavy atom. The Labute approximate surface area is 121 Å². The SMILES string of the molecule is CC(C)C[C@H]1C(=O)NCCN1C(=O)c1cnc(C#N)s1. The second-order valence-corrected chi connectivity index (χ2v) is 6.11. The van der Waals surface area contributed by atoms with Crippen molar-refractivity contribution in [1.29, 1.82) is 5.26 Å². The van der Waals surface area contributed by atoms with E-state index in [9.17, 15) is 9.59 Å². The Hall–Kier alpha value is -1.94. The Bertz CT molecular complexity index is 561. The van der Waals surface area contributed by atoms with Crippen molar-refractivity contribution < 1.29 is 9.59 Å². The zero-order chi connectivity index (χ0) is 14.7. The normalized spacial score (nSPS) is 18.8. The van der Waals surface area contributed by atoms with Gasteiger partial charge in [-0.2, -0.15) is 5.26 Å².